The minimum atomic E-state index is -0.124. The second-order valence-corrected chi connectivity index (χ2v) is 4.22. The number of likely N-dealkylation sites (tertiary alicyclic amines) is 1. The van der Waals surface area contributed by atoms with Gasteiger partial charge in [0.05, 0.1) is 24.7 Å². The van der Waals surface area contributed by atoms with Gasteiger partial charge in [-0.15, -0.1) is 0 Å². The number of benzene rings is 1. The second-order valence-electron chi connectivity index (χ2n) is 4.22. The van der Waals surface area contributed by atoms with Gasteiger partial charge in [0, 0.05) is 19.6 Å². The Morgan fingerprint density at radius 2 is 2.12 bits per heavy atom. The van der Waals surface area contributed by atoms with Crippen molar-refractivity contribution in [2.45, 2.75) is 6.54 Å². The van der Waals surface area contributed by atoms with Crippen molar-refractivity contribution >= 4 is 5.97 Å². The number of hydrogen-bond acceptors (Lipinski definition) is 4. The first-order valence-corrected chi connectivity index (χ1v) is 5.52. The number of hydrogen-bond donors (Lipinski definition) is 0. The van der Waals surface area contributed by atoms with Crippen LogP contribution in [-0.2, 0) is 16.1 Å². The van der Waals surface area contributed by atoms with E-state index in [1.54, 1.807) is 0 Å². The van der Waals surface area contributed by atoms with Gasteiger partial charge >= 0.3 is 5.97 Å². The average Bonchev–Trinajstić information content (AvgIpc) is 2.33. The van der Waals surface area contributed by atoms with E-state index in [9.17, 15) is 4.79 Å². The Balaban J connectivity index is 1.84. The third kappa shape index (κ3) is 2.63. The van der Waals surface area contributed by atoms with Crippen LogP contribution in [-0.4, -0.2) is 31.1 Å². The average molecular weight is 230 g/mol. The molecule has 0 radical (unpaired) electrons. The van der Waals surface area contributed by atoms with Gasteiger partial charge in [0.2, 0.25) is 0 Å². The zero-order valence-corrected chi connectivity index (χ0v) is 9.72. The Bertz CT molecular complexity index is 441. The van der Waals surface area contributed by atoms with Gasteiger partial charge in [-0.1, -0.05) is 12.1 Å². The molecular weight excluding hydrogens is 216 g/mol. The number of nitriles is 1. The minimum absolute atomic E-state index is 0.0263. The molecule has 1 aliphatic heterocycles. The monoisotopic (exact) mass is 230 g/mol. The van der Waals surface area contributed by atoms with Crippen LogP contribution in [0.15, 0.2) is 24.3 Å². The van der Waals surface area contributed by atoms with Crippen molar-refractivity contribution in [2.75, 3.05) is 20.2 Å². The first-order valence-electron chi connectivity index (χ1n) is 5.52. The molecule has 17 heavy (non-hydrogen) atoms. The lowest BCUT2D eigenvalue weighted by Crippen LogP contribution is -2.49. The summed E-state index contributed by atoms with van der Waals surface area (Å²) in [4.78, 5) is 13.4. The quantitative estimate of drug-likeness (QED) is 0.731. The van der Waals surface area contributed by atoms with E-state index < -0.39 is 0 Å². The standard InChI is InChI=1S/C13H14N2O2/c1-17-13(16)12-8-15(9-12)7-11-4-2-10(6-14)3-5-11/h2-5,12H,7-9H2,1H3. The van der Waals surface area contributed by atoms with Crippen molar-refractivity contribution < 1.29 is 9.53 Å². The van der Waals surface area contributed by atoms with Crippen LogP contribution in [0.25, 0.3) is 0 Å². The molecule has 1 heterocycles. The molecular formula is C13H14N2O2. The topological polar surface area (TPSA) is 53.3 Å². The normalized spacial score (nSPS) is 16.0. The summed E-state index contributed by atoms with van der Waals surface area (Å²) < 4.78 is 4.68. The zero-order chi connectivity index (χ0) is 12.3. The van der Waals surface area contributed by atoms with Crippen LogP contribution >= 0.6 is 0 Å². The Morgan fingerprint density at radius 1 is 1.47 bits per heavy atom. The summed E-state index contributed by atoms with van der Waals surface area (Å²) in [7, 11) is 1.42. The zero-order valence-electron chi connectivity index (χ0n) is 9.72. The fourth-order valence-electron chi connectivity index (χ4n) is 1.96. The lowest BCUT2D eigenvalue weighted by Gasteiger charge is -2.37. The fourth-order valence-corrected chi connectivity index (χ4v) is 1.96. The van der Waals surface area contributed by atoms with E-state index >= 15 is 0 Å². The van der Waals surface area contributed by atoms with Crippen LogP contribution in [0.4, 0.5) is 0 Å². The molecule has 0 N–H and O–H groups in total. The van der Waals surface area contributed by atoms with Crippen LogP contribution in [0, 0.1) is 17.2 Å². The lowest BCUT2D eigenvalue weighted by atomic mass is 9.99. The highest BCUT2D eigenvalue weighted by molar-refractivity contribution is 5.73. The largest absolute Gasteiger partial charge is 0.469 e. The Kier molecular flexibility index (Phi) is 3.40. The van der Waals surface area contributed by atoms with Crippen LogP contribution in [0.5, 0.6) is 0 Å². The number of ether oxygens (including phenoxy) is 1. The molecule has 1 fully saturated rings. The molecule has 0 aliphatic carbocycles. The molecule has 0 bridgehead atoms. The van der Waals surface area contributed by atoms with E-state index in [2.05, 4.69) is 15.7 Å². The Labute approximate surface area is 100 Å². The van der Waals surface area contributed by atoms with Gasteiger partial charge in [-0.2, -0.15) is 5.26 Å². The molecule has 1 aromatic rings. The molecule has 1 aliphatic rings. The summed E-state index contributed by atoms with van der Waals surface area (Å²) in [5.41, 5.74) is 1.83. The Morgan fingerprint density at radius 3 is 2.65 bits per heavy atom. The highest BCUT2D eigenvalue weighted by atomic mass is 16.5. The van der Waals surface area contributed by atoms with Crippen LogP contribution in [0.2, 0.25) is 0 Å². The molecule has 0 atom stereocenters. The predicted octanol–water partition coefficient (Wildman–Crippen LogP) is 1.16. The molecule has 0 spiro atoms. The van der Waals surface area contributed by atoms with Gasteiger partial charge in [0.15, 0.2) is 0 Å². The number of esters is 1. The molecule has 1 aromatic carbocycles. The molecule has 0 aromatic heterocycles. The molecule has 0 saturated carbocycles. The van der Waals surface area contributed by atoms with Gasteiger partial charge in [-0.25, -0.2) is 0 Å². The predicted molar refractivity (Wildman–Crippen MR) is 61.9 cm³/mol. The van der Waals surface area contributed by atoms with E-state index in [0.717, 1.165) is 25.2 Å². The number of carbonyl (C=O) groups excluding carboxylic acids is 1. The van der Waals surface area contributed by atoms with E-state index in [4.69, 9.17) is 5.26 Å². The third-order valence-electron chi connectivity index (χ3n) is 2.98. The molecule has 88 valence electrons. The number of nitrogens with zero attached hydrogens (tertiary/aromatic N) is 2. The van der Waals surface area contributed by atoms with E-state index in [1.165, 1.54) is 7.11 Å². The molecule has 2 rings (SSSR count). The van der Waals surface area contributed by atoms with E-state index in [0.29, 0.717) is 5.56 Å². The van der Waals surface area contributed by atoms with Gasteiger partial charge in [-0.05, 0) is 17.7 Å². The summed E-state index contributed by atoms with van der Waals surface area (Å²) >= 11 is 0. The summed E-state index contributed by atoms with van der Waals surface area (Å²) in [6.45, 7) is 2.33. The van der Waals surface area contributed by atoms with Crippen molar-refractivity contribution in [1.82, 2.24) is 4.90 Å². The van der Waals surface area contributed by atoms with Crippen molar-refractivity contribution in [3.63, 3.8) is 0 Å². The summed E-state index contributed by atoms with van der Waals surface area (Å²) in [6.07, 6.45) is 0. The number of carbonyl (C=O) groups is 1. The van der Waals surface area contributed by atoms with Gasteiger partial charge in [-0.3, -0.25) is 9.69 Å². The molecule has 4 heteroatoms. The van der Waals surface area contributed by atoms with E-state index in [-0.39, 0.29) is 11.9 Å². The first-order chi connectivity index (χ1) is 8.22. The fraction of sp³-hybridized carbons (Fsp3) is 0.385. The molecule has 0 amide bonds. The number of rotatable bonds is 3. The highest BCUT2D eigenvalue weighted by Gasteiger charge is 2.32. The molecule has 0 unspecified atom stereocenters. The van der Waals surface area contributed by atoms with Crippen molar-refractivity contribution in [1.29, 1.82) is 5.26 Å². The lowest BCUT2D eigenvalue weighted by molar-refractivity contribution is -0.151. The van der Waals surface area contributed by atoms with Crippen molar-refractivity contribution in [2.24, 2.45) is 5.92 Å². The van der Waals surface area contributed by atoms with Gasteiger partial charge in [0.1, 0.15) is 0 Å². The van der Waals surface area contributed by atoms with Crippen molar-refractivity contribution in [3.8, 4) is 6.07 Å². The summed E-state index contributed by atoms with van der Waals surface area (Å²) in [6, 6.07) is 9.61. The maximum Gasteiger partial charge on any atom is 0.311 e. The summed E-state index contributed by atoms with van der Waals surface area (Å²) in [5.74, 6) is -0.0977. The minimum Gasteiger partial charge on any atom is -0.469 e. The first kappa shape index (κ1) is 11.6. The summed E-state index contributed by atoms with van der Waals surface area (Å²) in [5, 5.41) is 8.68. The second kappa shape index (κ2) is 4.98. The van der Waals surface area contributed by atoms with Crippen LogP contribution < -0.4 is 0 Å². The highest BCUT2D eigenvalue weighted by Crippen LogP contribution is 2.19. The maximum atomic E-state index is 11.2. The maximum absolute atomic E-state index is 11.2. The third-order valence-corrected chi connectivity index (χ3v) is 2.98. The van der Waals surface area contributed by atoms with Crippen molar-refractivity contribution in [3.05, 3.63) is 35.4 Å². The van der Waals surface area contributed by atoms with Gasteiger partial charge < -0.3 is 4.74 Å². The molecule has 4 nitrogen and oxygen atoms in total. The van der Waals surface area contributed by atoms with Crippen LogP contribution in [0.1, 0.15) is 11.1 Å². The number of methoxy groups -OCH3 is 1. The van der Waals surface area contributed by atoms with Crippen LogP contribution in [0.3, 0.4) is 0 Å². The molecule has 1 saturated heterocycles. The van der Waals surface area contributed by atoms with Gasteiger partial charge in [0.25, 0.3) is 0 Å². The SMILES string of the molecule is COC(=O)C1CN(Cc2ccc(C#N)cc2)C1. The Hall–Kier alpha value is -1.86. The van der Waals surface area contributed by atoms with E-state index in [1.807, 2.05) is 24.3 Å². The smallest absolute Gasteiger partial charge is 0.311 e.